The first-order valence-corrected chi connectivity index (χ1v) is 8.22. The summed E-state index contributed by atoms with van der Waals surface area (Å²) in [5.41, 5.74) is 0. The standard InChI is InChI=1S/C15H31NOS/c1-4-5-6-7-8-9-10-11-14-17-18-15-12-13-16(2)3/h8-9H,4-7,10-15H2,1-3H3/b9-8-. The van der Waals surface area contributed by atoms with E-state index < -0.39 is 0 Å². The number of nitrogens with zero attached hydrogens (tertiary/aromatic N) is 1. The average molecular weight is 273 g/mol. The van der Waals surface area contributed by atoms with Crippen molar-refractivity contribution in [3.8, 4) is 0 Å². The molecule has 0 amide bonds. The molecular weight excluding hydrogens is 242 g/mol. The Labute approximate surface area is 118 Å². The van der Waals surface area contributed by atoms with Crippen molar-refractivity contribution in [3.63, 3.8) is 0 Å². The molecule has 2 nitrogen and oxygen atoms in total. The van der Waals surface area contributed by atoms with E-state index in [4.69, 9.17) is 4.18 Å². The lowest BCUT2D eigenvalue weighted by atomic mass is 10.2. The van der Waals surface area contributed by atoms with Crippen molar-refractivity contribution < 1.29 is 4.18 Å². The zero-order valence-corrected chi connectivity index (χ0v) is 13.3. The maximum atomic E-state index is 5.52. The maximum Gasteiger partial charge on any atom is 0.0616 e. The van der Waals surface area contributed by atoms with Gasteiger partial charge < -0.3 is 9.08 Å². The molecule has 0 aromatic carbocycles. The lowest BCUT2D eigenvalue weighted by Crippen LogP contribution is -2.13. The molecule has 0 saturated heterocycles. The zero-order valence-electron chi connectivity index (χ0n) is 12.5. The second kappa shape index (κ2) is 15.1. The molecule has 0 aromatic rings. The van der Waals surface area contributed by atoms with E-state index in [-0.39, 0.29) is 0 Å². The number of unbranched alkanes of at least 4 members (excludes halogenated alkanes) is 4. The van der Waals surface area contributed by atoms with Crippen molar-refractivity contribution in [1.82, 2.24) is 4.90 Å². The molecule has 0 aliphatic rings. The van der Waals surface area contributed by atoms with Crippen LogP contribution in [-0.4, -0.2) is 37.9 Å². The van der Waals surface area contributed by atoms with Gasteiger partial charge in [0, 0.05) is 5.75 Å². The number of rotatable bonds is 13. The van der Waals surface area contributed by atoms with E-state index in [1.165, 1.54) is 32.1 Å². The molecular formula is C15H31NOS. The minimum atomic E-state index is 0.881. The van der Waals surface area contributed by atoms with E-state index in [0.29, 0.717) is 0 Å². The van der Waals surface area contributed by atoms with Gasteiger partial charge in [-0.2, -0.15) is 0 Å². The van der Waals surface area contributed by atoms with Gasteiger partial charge in [-0.15, -0.1) is 0 Å². The van der Waals surface area contributed by atoms with Gasteiger partial charge in [0.05, 0.1) is 6.61 Å². The molecule has 0 aliphatic heterocycles. The van der Waals surface area contributed by atoms with Crippen LogP contribution in [0.1, 0.15) is 51.9 Å². The Morgan fingerprint density at radius 3 is 2.39 bits per heavy atom. The highest BCUT2D eigenvalue weighted by atomic mass is 32.2. The second-order valence-electron chi connectivity index (χ2n) is 4.91. The fraction of sp³-hybridized carbons (Fsp3) is 0.867. The Kier molecular flexibility index (Phi) is 15.1. The monoisotopic (exact) mass is 273 g/mol. The van der Waals surface area contributed by atoms with Crippen molar-refractivity contribution in [2.24, 2.45) is 0 Å². The molecule has 0 N–H and O–H groups in total. The fourth-order valence-corrected chi connectivity index (χ4v) is 2.17. The van der Waals surface area contributed by atoms with Gasteiger partial charge in [0.15, 0.2) is 0 Å². The largest absolute Gasteiger partial charge is 0.315 e. The van der Waals surface area contributed by atoms with Crippen LogP contribution < -0.4 is 0 Å². The van der Waals surface area contributed by atoms with Gasteiger partial charge in [0.2, 0.25) is 0 Å². The molecule has 18 heavy (non-hydrogen) atoms. The molecule has 0 rings (SSSR count). The molecule has 0 bridgehead atoms. The lowest BCUT2D eigenvalue weighted by molar-refractivity contribution is 0.363. The van der Waals surface area contributed by atoms with Crippen LogP contribution in [0.15, 0.2) is 12.2 Å². The van der Waals surface area contributed by atoms with Crippen LogP contribution >= 0.6 is 12.0 Å². The van der Waals surface area contributed by atoms with Crippen LogP contribution in [0.3, 0.4) is 0 Å². The van der Waals surface area contributed by atoms with Gasteiger partial charge in [-0.25, -0.2) is 0 Å². The maximum absolute atomic E-state index is 5.52. The number of hydrogen-bond acceptors (Lipinski definition) is 3. The summed E-state index contributed by atoms with van der Waals surface area (Å²) in [5.74, 6) is 1.10. The molecule has 0 spiro atoms. The summed E-state index contributed by atoms with van der Waals surface area (Å²) >= 11 is 1.62. The summed E-state index contributed by atoms with van der Waals surface area (Å²) in [6, 6.07) is 0. The summed E-state index contributed by atoms with van der Waals surface area (Å²) in [5, 5.41) is 0. The SMILES string of the molecule is CCCCC/C=C\CCCOSCCCN(C)C. The summed E-state index contributed by atoms with van der Waals surface area (Å²) in [4.78, 5) is 2.21. The third-order valence-corrected chi connectivity index (χ3v) is 3.44. The average Bonchev–Trinajstić information content (AvgIpc) is 2.34. The van der Waals surface area contributed by atoms with Gasteiger partial charge in [0.1, 0.15) is 0 Å². The Morgan fingerprint density at radius 2 is 1.72 bits per heavy atom. The van der Waals surface area contributed by atoms with Crippen molar-refractivity contribution in [2.45, 2.75) is 51.9 Å². The third kappa shape index (κ3) is 16.0. The normalized spacial score (nSPS) is 11.8. The first-order chi connectivity index (χ1) is 8.77. The van der Waals surface area contributed by atoms with Crippen LogP contribution in [0.2, 0.25) is 0 Å². The van der Waals surface area contributed by atoms with Gasteiger partial charge in [0.25, 0.3) is 0 Å². The summed E-state index contributed by atoms with van der Waals surface area (Å²) in [6.07, 6.45) is 13.4. The topological polar surface area (TPSA) is 12.5 Å². The Bertz CT molecular complexity index is 183. The molecule has 0 aliphatic carbocycles. The van der Waals surface area contributed by atoms with Crippen LogP contribution in [0.25, 0.3) is 0 Å². The van der Waals surface area contributed by atoms with Crippen LogP contribution in [0.5, 0.6) is 0 Å². The smallest absolute Gasteiger partial charge is 0.0616 e. The summed E-state index contributed by atoms with van der Waals surface area (Å²) in [6.45, 7) is 4.28. The van der Waals surface area contributed by atoms with Crippen LogP contribution in [0.4, 0.5) is 0 Å². The van der Waals surface area contributed by atoms with E-state index in [9.17, 15) is 0 Å². The molecule has 0 saturated carbocycles. The molecule has 0 atom stereocenters. The molecule has 0 aromatic heterocycles. The number of hydrogen-bond donors (Lipinski definition) is 0. The zero-order chi connectivity index (χ0) is 13.5. The van der Waals surface area contributed by atoms with Crippen molar-refractivity contribution in [3.05, 3.63) is 12.2 Å². The highest BCUT2D eigenvalue weighted by Crippen LogP contribution is 2.07. The minimum absolute atomic E-state index is 0.881. The van der Waals surface area contributed by atoms with Gasteiger partial charge >= 0.3 is 0 Å². The minimum Gasteiger partial charge on any atom is -0.315 e. The molecule has 0 fully saturated rings. The first kappa shape index (κ1) is 18.0. The van der Waals surface area contributed by atoms with Gasteiger partial charge in [-0.05, 0) is 64.8 Å². The Morgan fingerprint density at radius 1 is 1.00 bits per heavy atom. The predicted molar refractivity (Wildman–Crippen MR) is 84.1 cm³/mol. The Balaban J connectivity index is 3.02. The molecule has 3 heteroatoms. The van der Waals surface area contributed by atoms with Crippen molar-refractivity contribution in [2.75, 3.05) is 33.0 Å². The van der Waals surface area contributed by atoms with E-state index >= 15 is 0 Å². The second-order valence-corrected chi connectivity index (χ2v) is 5.79. The van der Waals surface area contributed by atoms with Crippen molar-refractivity contribution >= 4 is 12.0 Å². The highest BCUT2D eigenvalue weighted by molar-refractivity contribution is 7.94. The summed E-state index contributed by atoms with van der Waals surface area (Å²) in [7, 11) is 4.22. The van der Waals surface area contributed by atoms with E-state index in [1.807, 2.05) is 0 Å². The van der Waals surface area contributed by atoms with Crippen molar-refractivity contribution in [1.29, 1.82) is 0 Å². The van der Waals surface area contributed by atoms with Gasteiger partial charge in [-0.3, -0.25) is 0 Å². The first-order valence-electron chi connectivity index (χ1n) is 7.31. The van der Waals surface area contributed by atoms with E-state index in [0.717, 1.165) is 31.7 Å². The fourth-order valence-electron chi connectivity index (χ4n) is 1.57. The quantitative estimate of drug-likeness (QED) is 0.278. The lowest BCUT2D eigenvalue weighted by Gasteiger charge is -2.08. The number of allylic oxidation sites excluding steroid dienone is 2. The summed E-state index contributed by atoms with van der Waals surface area (Å²) < 4.78 is 5.52. The molecule has 0 radical (unpaired) electrons. The third-order valence-electron chi connectivity index (χ3n) is 2.66. The van der Waals surface area contributed by atoms with E-state index in [1.54, 1.807) is 12.0 Å². The van der Waals surface area contributed by atoms with Crippen LogP contribution in [0, 0.1) is 0 Å². The van der Waals surface area contributed by atoms with Crippen LogP contribution in [-0.2, 0) is 4.18 Å². The predicted octanol–water partition coefficient (Wildman–Crippen LogP) is 4.52. The highest BCUT2D eigenvalue weighted by Gasteiger charge is 1.92. The van der Waals surface area contributed by atoms with E-state index in [2.05, 4.69) is 38.1 Å². The van der Waals surface area contributed by atoms with Gasteiger partial charge in [-0.1, -0.05) is 31.9 Å². The molecule has 0 unspecified atom stereocenters. The Hall–Kier alpha value is 0.01000. The molecule has 0 heterocycles. The molecule has 108 valence electrons.